The van der Waals surface area contributed by atoms with Crippen LogP contribution < -0.4 is 40.6 Å². The van der Waals surface area contributed by atoms with E-state index in [-0.39, 0.29) is 62.1 Å². The molecule has 107 heavy (non-hydrogen) atoms. The minimum atomic E-state index is -3.86. The predicted octanol–water partition coefficient (Wildman–Crippen LogP) is 8.02. The van der Waals surface area contributed by atoms with Gasteiger partial charge in [0.2, 0.25) is 37.8 Å². The summed E-state index contributed by atoms with van der Waals surface area (Å²) in [5, 5.41) is 21.6. The SMILES string of the molecule is COc1cc2ccc3cc2cc1CCCCCOC(=O)N[C@@H](C(C)(C)C)C(=O)N1C[C@@]3(OC)C[C@H]1C(=O)N[C@]1(C(=O)NS(=O)(=O)C2CC2)C[C@H]1C1CC1.COc1cc2ccc3cc2cc1CCCCCOC(=O)N[C@@H](C(C)(C)C)C(=O)N1C[C@@]3(OC)C[C@H]1C(=O)O.N[C@]1(C(=O)NS(=O)(=O)C2CC2)C[C@H]1C1CC1. The van der Waals surface area contributed by atoms with Crippen LogP contribution in [0.1, 0.15) is 179 Å². The van der Waals surface area contributed by atoms with Crippen LogP contribution in [0.15, 0.2) is 60.7 Å². The van der Waals surface area contributed by atoms with Gasteiger partial charge in [0.15, 0.2) is 0 Å². The van der Waals surface area contributed by atoms with E-state index in [4.69, 9.17) is 34.2 Å². The highest BCUT2D eigenvalue weighted by molar-refractivity contribution is 7.91. The number of rotatable bonds is 15. The lowest BCUT2D eigenvalue weighted by molar-refractivity contribution is -0.150. The largest absolute Gasteiger partial charge is 0.496 e. The fourth-order valence-corrected chi connectivity index (χ4v) is 18.9. The number of nitrogens with one attached hydrogen (secondary N) is 5. The summed E-state index contributed by atoms with van der Waals surface area (Å²) in [6, 6.07) is 15.8. The van der Waals surface area contributed by atoms with Gasteiger partial charge in [0.25, 0.3) is 11.8 Å². The number of hydrogen-bond acceptors (Lipinski definition) is 19. The zero-order valence-electron chi connectivity index (χ0n) is 63.1. The average molecular weight is 1520 g/mol. The minimum Gasteiger partial charge on any atom is -0.496 e. The number of benzene rings is 4. The monoisotopic (exact) mass is 1520 g/mol. The molecule has 8 fully saturated rings. The van der Waals surface area contributed by atoms with Crippen molar-refractivity contribution < 1.29 is 88.7 Å². The first kappa shape index (κ1) is 78.7. The zero-order valence-corrected chi connectivity index (χ0v) is 64.7. The van der Waals surface area contributed by atoms with Crippen LogP contribution in [0, 0.1) is 34.5 Å². The van der Waals surface area contributed by atoms with E-state index in [1.807, 2.05) is 90.1 Å². The highest BCUT2D eigenvalue weighted by atomic mass is 32.2. The van der Waals surface area contributed by atoms with Gasteiger partial charge in [-0.05, 0) is 230 Å². The molecular weight excluding hydrogens is 1420 g/mol. The van der Waals surface area contributed by atoms with E-state index in [1.54, 1.807) is 28.4 Å². The molecule has 10 aliphatic rings. The smallest absolute Gasteiger partial charge is 0.407 e. The van der Waals surface area contributed by atoms with E-state index in [0.717, 1.165) is 120 Å². The summed E-state index contributed by atoms with van der Waals surface area (Å²) in [5.41, 5.74) is 3.68. The average Bonchev–Trinajstić information content (AvgIpc) is 1.54. The lowest BCUT2D eigenvalue weighted by Gasteiger charge is -2.36. The van der Waals surface area contributed by atoms with Crippen molar-refractivity contribution in [2.75, 3.05) is 54.7 Å². The summed E-state index contributed by atoms with van der Waals surface area (Å²) < 4.78 is 87.9. The molecule has 2 saturated heterocycles. The maximum absolute atomic E-state index is 14.8. The normalized spacial score (nSPS) is 29.3. The van der Waals surface area contributed by atoms with Gasteiger partial charge in [-0.15, -0.1) is 0 Å². The van der Waals surface area contributed by atoms with Crippen LogP contribution >= 0.6 is 0 Å². The van der Waals surface area contributed by atoms with Gasteiger partial charge in [0, 0.05) is 27.1 Å². The zero-order chi connectivity index (χ0) is 77.1. The Morgan fingerprint density at radius 2 is 0.972 bits per heavy atom. The molecule has 29 heteroatoms. The number of hydrogen-bond donors (Lipinski definition) is 7. The Morgan fingerprint density at radius 1 is 0.542 bits per heavy atom. The van der Waals surface area contributed by atoms with E-state index < -0.39 is 130 Å². The Bertz CT molecular complexity index is 4380. The molecule has 4 heterocycles. The van der Waals surface area contributed by atoms with Gasteiger partial charge in [-0.2, -0.15) is 0 Å². The van der Waals surface area contributed by atoms with Gasteiger partial charge in [0.05, 0.1) is 56.6 Å². The predicted molar refractivity (Wildman–Crippen MR) is 396 cm³/mol. The van der Waals surface area contributed by atoms with Crippen LogP contribution in [-0.4, -0.2) is 180 Å². The van der Waals surface area contributed by atoms with Gasteiger partial charge >= 0.3 is 18.2 Å². The molecule has 0 aromatic heterocycles. The van der Waals surface area contributed by atoms with Crippen molar-refractivity contribution in [2.24, 2.45) is 40.2 Å². The third-order valence-corrected chi connectivity index (χ3v) is 27.2. The van der Waals surface area contributed by atoms with E-state index in [2.05, 4.69) is 37.5 Å². The number of fused-ring (bicyclic) bond motifs is 10. The van der Waals surface area contributed by atoms with Crippen LogP contribution in [0.25, 0.3) is 21.5 Å². The number of amides is 7. The molecule has 0 radical (unpaired) electrons. The van der Waals surface area contributed by atoms with Crippen molar-refractivity contribution in [3.05, 3.63) is 82.9 Å². The molecule has 0 spiro atoms. The van der Waals surface area contributed by atoms with Crippen molar-refractivity contribution >= 4 is 89.3 Å². The number of carbonyl (C=O) groups is 8. The summed E-state index contributed by atoms with van der Waals surface area (Å²) in [7, 11) is -0.896. The van der Waals surface area contributed by atoms with E-state index >= 15 is 0 Å². The van der Waals surface area contributed by atoms with Crippen molar-refractivity contribution in [3.8, 4) is 11.5 Å². The van der Waals surface area contributed by atoms with Crippen LogP contribution in [-0.2, 0) is 91.8 Å². The summed E-state index contributed by atoms with van der Waals surface area (Å²) >= 11 is 0. The Balaban J connectivity index is 0.000000171. The maximum atomic E-state index is 14.8. The maximum Gasteiger partial charge on any atom is 0.407 e. The number of carboxylic acids is 1. The number of alkyl carbamates (subject to hydrolysis) is 2. The molecule has 14 rings (SSSR count). The summed E-state index contributed by atoms with van der Waals surface area (Å²) in [6.45, 7) is 11.4. The second-order valence-corrected chi connectivity index (χ2v) is 37.4. The van der Waals surface area contributed by atoms with E-state index in [9.17, 15) is 60.3 Å². The molecule has 0 unspecified atom stereocenters. The van der Waals surface area contributed by atoms with Crippen molar-refractivity contribution in [2.45, 2.75) is 227 Å². The molecule has 27 nitrogen and oxygen atoms in total. The second kappa shape index (κ2) is 30.2. The number of aryl methyl sites for hydroxylation is 2. The van der Waals surface area contributed by atoms with Gasteiger partial charge in [0.1, 0.15) is 52.4 Å². The molecule has 10 atom stereocenters. The van der Waals surface area contributed by atoms with Crippen LogP contribution in [0.2, 0.25) is 0 Å². The molecule has 6 aliphatic carbocycles. The number of methoxy groups -OCH3 is 4. The lowest BCUT2D eigenvalue weighted by Crippen LogP contribution is -2.60. The third kappa shape index (κ3) is 17.0. The molecular formula is C78H106N8O19S2. The first-order valence-electron chi connectivity index (χ1n) is 37.8. The van der Waals surface area contributed by atoms with E-state index in [1.165, 1.54) is 9.80 Å². The van der Waals surface area contributed by atoms with Crippen molar-refractivity contribution in [3.63, 3.8) is 0 Å². The summed E-state index contributed by atoms with van der Waals surface area (Å²) in [4.78, 5) is 110. The fraction of sp³-hybridized carbons (Fsp3) is 0.641. The third-order valence-electron chi connectivity index (χ3n) is 23.5. The van der Waals surface area contributed by atoms with Crippen LogP contribution in [0.3, 0.4) is 0 Å². The molecule has 584 valence electrons. The Morgan fingerprint density at radius 3 is 1.38 bits per heavy atom. The fourth-order valence-electron chi connectivity index (χ4n) is 16.2. The molecule has 4 aromatic rings. The standard InChI is InChI=1S/C39H52N4O9S.C29H38N2O7.C10H16N2O3S/c1-37(2,3)32-34(45)43-22-38(51-5,21-30(43)33(44)41-39(20-29(39)23-10-11-23)35(46)42-53(48,49)28-14-15-28)27-13-12-24-19-31(50-4)25(17-26(24)18-27)9-7-6-8-16-52-36(47)40-32;1-28(2,3)24-25(32)31-17-29(37-5,16-22(31)26(33)34)21-11-10-18-15-23(36-4)19(13-20(18)14-21)9-7-6-8-12-38-27(35)30-24;11-10(5-8(10)6-1-2-6)9(13)12-16(14,15)7-3-4-7/h12-13,17-19,23,28-30,32H,6-11,14-16,20-22H2,1-5H3,(H,40,47)(H,41,44)(H,42,46);10-11,13-15,22,24H,6-9,12,16-17H2,1-5H3,(H,30,35)(H,33,34);6-8H,1-5,11H2,(H,12,13)/t29-,30-,32+,38-,39+;22-,24+,29-;8-,10+/m000/s1. The van der Waals surface area contributed by atoms with E-state index in [0.29, 0.717) is 57.3 Å². The molecule has 6 saturated carbocycles. The Kier molecular flexibility index (Phi) is 22.2. The summed E-state index contributed by atoms with van der Waals surface area (Å²) in [5.74, 6) is -1.51. The van der Waals surface area contributed by atoms with Crippen LogP contribution in [0.5, 0.6) is 11.5 Å². The Hall–Kier alpha value is -7.86. The van der Waals surface area contributed by atoms with Crippen molar-refractivity contribution in [1.29, 1.82) is 0 Å². The number of ether oxygens (including phenoxy) is 6. The van der Waals surface area contributed by atoms with Crippen molar-refractivity contribution in [1.82, 2.24) is 35.2 Å². The molecule has 8 N–H and O–H groups in total. The number of carbonyl (C=O) groups excluding carboxylic acids is 7. The number of cyclic esters (lactones) is 2. The second-order valence-electron chi connectivity index (χ2n) is 33.5. The minimum absolute atomic E-state index is 0.0143. The first-order chi connectivity index (χ1) is 50.5. The highest BCUT2D eigenvalue weighted by Crippen LogP contribution is 2.58. The molecule has 10 bridgehead atoms. The molecule has 7 amide bonds. The number of aliphatic carboxylic acids is 1. The number of nitrogens with two attached hydrogens (primary N) is 1. The number of sulfonamides is 2. The van der Waals surface area contributed by atoms with Gasteiger partial charge in [-0.25, -0.2) is 31.2 Å². The molecule has 4 aliphatic heterocycles. The Labute approximate surface area is 626 Å². The molecule has 4 aromatic carbocycles. The lowest BCUT2D eigenvalue weighted by atomic mass is 9.85. The quantitative estimate of drug-likeness (QED) is 0.0592. The first-order valence-corrected chi connectivity index (χ1v) is 40.9. The highest BCUT2D eigenvalue weighted by Gasteiger charge is 2.68. The van der Waals surface area contributed by atoms with Gasteiger partial charge in [-0.1, -0.05) is 65.8 Å². The number of carboxylic acid groups (broad SMARTS) is 1. The topological polar surface area (TPSA) is 373 Å². The summed E-state index contributed by atoms with van der Waals surface area (Å²) in [6.07, 6.45) is 12.4. The van der Waals surface area contributed by atoms with Gasteiger partial charge in [-0.3, -0.25) is 33.4 Å². The van der Waals surface area contributed by atoms with Gasteiger partial charge < -0.3 is 65.0 Å². The number of nitrogens with zero attached hydrogens (tertiary/aromatic N) is 2. The van der Waals surface area contributed by atoms with Crippen LogP contribution in [0.4, 0.5) is 9.59 Å².